The standard InChI is InChI=1S/C16H23BrN6/c1-12(10-13-2-4-14(17)5-3-13)11-22-6-8-23(9-7-22)16-19-15(18)20-21-16/h2-5,12H,6-11H2,1H3,(H3,18,19,20,21). The average molecular weight is 379 g/mol. The van der Waals surface area contributed by atoms with Crippen molar-refractivity contribution in [1.82, 2.24) is 20.1 Å². The molecule has 1 aliphatic heterocycles. The highest BCUT2D eigenvalue weighted by Gasteiger charge is 2.21. The Morgan fingerprint density at radius 1 is 1.22 bits per heavy atom. The highest BCUT2D eigenvalue weighted by atomic mass is 79.9. The molecule has 2 heterocycles. The van der Waals surface area contributed by atoms with E-state index in [1.54, 1.807) is 0 Å². The van der Waals surface area contributed by atoms with E-state index in [1.165, 1.54) is 5.56 Å². The van der Waals surface area contributed by atoms with Crippen molar-refractivity contribution in [1.29, 1.82) is 0 Å². The van der Waals surface area contributed by atoms with Crippen LogP contribution >= 0.6 is 15.9 Å². The number of halogens is 1. The zero-order chi connectivity index (χ0) is 16.2. The summed E-state index contributed by atoms with van der Waals surface area (Å²) in [5, 5.41) is 6.83. The summed E-state index contributed by atoms with van der Waals surface area (Å²) in [6.45, 7) is 7.42. The molecular formula is C16H23BrN6. The number of H-pyrrole nitrogens is 1. The molecule has 23 heavy (non-hydrogen) atoms. The minimum atomic E-state index is 0.380. The number of rotatable bonds is 5. The largest absolute Gasteiger partial charge is 0.368 e. The molecule has 1 fully saturated rings. The van der Waals surface area contributed by atoms with Gasteiger partial charge in [0.15, 0.2) is 0 Å². The summed E-state index contributed by atoms with van der Waals surface area (Å²) in [5.74, 6) is 1.73. The molecule has 1 unspecified atom stereocenters. The van der Waals surface area contributed by atoms with E-state index in [4.69, 9.17) is 5.73 Å². The zero-order valence-corrected chi connectivity index (χ0v) is 15.0. The molecule has 0 spiro atoms. The third-order valence-corrected chi connectivity index (χ3v) is 4.74. The predicted molar refractivity (Wildman–Crippen MR) is 96.5 cm³/mol. The van der Waals surface area contributed by atoms with E-state index in [-0.39, 0.29) is 0 Å². The number of piperazine rings is 1. The molecule has 0 saturated carbocycles. The van der Waals surface area contributed by atoms with Gasteiger partial charge in [0.2, 0.25) is 11.9 Å². The molecule has 0 bridgehead atoms. The van der Waals surface area contributed by atoms with E-state index in [1.807, 2.05) is 0 Å². The Bertz CT molecular complexity index is 618. The van der Waals surface area contributed by atoms with Gasteiger partial charge in [-0.3, -0.25) is 4.90 Å². The van der Waals surface area contributed by atoms with Crippen LogP contribution < -0.4 is 10.6 Å². The van der Waals surface area contributed by atoms with Gasteiger partial charge in [0, 0.05) is 37.2 Å². The first kappa shape index (κ1) is 16.3. The van der Waals surface area contributed by atoms with Crippen molar-refractivity contribution in [2.45, 2.75) is 13.3 Å². The first-order chi connectivity index (χ1) is 11.1. The number of benzene rings is 1. The van der Waals surface area contributed by atoms with Crippen molar-refractivity contribution in [2.24, 2.45) is 5.92 Å². The maximum Gasteiger partial charge on any atom is 0.246 e. The number of aromatic nitrogens is 3. The van der Waals surface area contributed by atoms with Gasteiger partial charge in [-0.2, -0.15) is 4.98 Å². The number of hydrogen-bond acceptors (Lipinski definition) is 5. The number of nitrogen functional groups attached to an aromatic ring is 1. The molecular weight excluding hydrogens is 356 g/mol. The lowest BCUT2D eigenvalue weighted by atomic mass is 10.0. The van der Waals surface area contributed by atoms with Gasteiger partial charge < -0.3 is 10.6 Å². The number of aromatic amines is 1. The Morgan fingerprint density at radius 2 is 1.91 bits per heavy atom. The van der Waals surface area contributed by atoms with Crippen LogP contribution in [0.25, 0.3) is 0 Å². The van der Waals surface area contributed by atoms with Crippen molar-refractivity contribution in [3.8, 4) is 0 Å². The second-order valence-corrected chi connectivity index (χ2v) is 7.16. The fourth-order valence-corrected chi connectivity index (χ4v) is 3.33. The number of anilines is 2. The van der Waals surface area contributed by atoms with Gasteiger partial charge in [-0.15, -0.1) is 5.10 Å². The van der Waals surface area contributed by atoms with Crippen LogP contribution in [0.1, 0.15) is 12.5 Å². The Balaban J connectivity index is 1.45. The van der Waals surface area contributed by atoms with Crippen molar-refractivity contribution in [3.05, 3.63) is 34.3 Å². The molecule has 3 rings (SSSR count). The van der Waals surface area contributed by atoms with Crippen molar-refractivity contribution in [3.63, 3.8) is 0 Å². The van der Waals surface area contributed by atoms with Crippen LogP contribution in [-0.4, -0.2) is 52.8 Å². The molecule has 2 aromatic rings. The summed E-state index contributed by atoms with van der Waals surface area (Å²) in [5.41, 5.74) is 6.99. The number of nitrogens with zero attached hydrogens (tertiary/aromatic N) is 4. The maximum absolute atomic E-state index is 5.59. The summed E-state index contributed by atoms with van der Waals surface area (Å²) >= 11 is 3.48. The smallest absolute Gasteiger partial charge is 0.246 e. The summed E-state index contributed by atoms with van der Waals surface area (Å²) in [7, 11) is 0. The molecule has 1 atom stereocenters. The van der Waals surface area contributed by atoms with Crippen LogP contribution in [-0.2, 0) is 6.42 Å². The molecule has 124 valence electrons. The van der Waals surface area contributed by atoms with E-state index < -0.39 is 0 Å². The molecule has 6 nitrogen and oxygen atoms in total. The van der Waals surface area contributed by atoms with E-state index in [9.17, 15) is 0 Å². The van der Waals surface area contributed by atoms with Crippen LogP contribution in [0.5, 0.6) is 0 Å². The van der Waals surface area contributed by atoms with Crippen LogP contribution in [0.4, 0.5) is 11.9 Å². The molecule has 0 amide bonds. The van der Waals surface area contributed by atoms with Crippen LogP contribution in [0.3, 0.4) is 0 Å². The highest BCUT2D eigenvalue weighted by Crippen LogP contribution is 2.16. The summed E-state index contributed by atoms with van der Waals surface area (Å²) in [6.07, 6.45) is 1.12. The Kier molecular flexibility index (Phi) is 5.17. The minimum Gasteiger partial charge on any atom is -0.368 e. The van der Waals surface area contributed by atoms with Gasteiger partial charge in [0.25, 0.3) is 0 Å². The third-order valence-electron chi connectivity index (χ3n) is 4.21. The lowest BCUT2D eigenvalue weighted by Gasteiger charge is -2.35. The third kappa shape index (κ3) is 4.45. The average Bonchev–Trinajstić information content (AvgIpc) is 2.97. The Hall–Kier alpha value is -1.60. The second kappa shape index (κ2) is 7.31. The van der Waals surface area contributed by atoms with Gasteiger partial charge in [0.05, 0.1) is 0 Å². The van der Waals surface area contributed by atoms with E-state index in [0.717, 1.165) is 43.6 Å². The second-order valence-electron chi connectivity index (χ2n) is 6.24. The fourth-order valence-electron chi connectivity index (χ4n) is 3.07. The molecule has 0 radical (unpaired) electrons. The van der Waals surface area contributed by atoms with E-state index >= 15 is 0 Å². The predicted octanol–water partition coefficient (Wildman–Crippen LogP) is 2.15. The number of nitrogens with one attached hydrogen (secondary N) is 1. The molecule has 3 N–H and O–H groups in total. The first-order valence-electron chi connectivity index (χ1n) is 8.00. The molecule has 7 heteroatoms. The first-order valence-corrected chi connectivity index (χ1v) is 8.79. The minimum absolute atomic E-state index is 0.380. The highest BCUT2D eigenvalue weighted by molar-refractivity contribution is 9.10. The number of nitrogens with two attached hydrogens (primary N) is 1. The van der Waals surface area contributed by atoms with Gasteiger partial charge in [-0.1, -0.05) is 35.0 Å². The van der Waals surface area contributed by atoms with Crippen molar-refractivity contribution >= 4 is 27.8 Å². The van der Waals surface area contributed by atoms with Crippen LogP contribution in [0.2, 0.25) is 0 Å². The van der Waals surface area contributed by atoms with Gasteiger partial charge in [-0.05, 0) is 30.0 Å². The monoisotopic (exact) mass is 378 g/mol. The molecule has 1 aromatic heterocycles. The molecule has 1 aromatic carbocycles. The topological polar surface area (TPSA) is 74.1 Å². The maximum atomic E-state index is 5.59. The van der Waals surface area contributed by atoms with Gasteiger partial charge in [-0.25, -0.2) is 5.10 Å². The Morgan fingerprint density at radius 3 is 2.52 bits per heavy atom. The molecule has 1 aliphatic rings. The summed E-state index contributed by atoms with van der Waals surface area (Å²) in [6, 6.07) is 8.63. The fraction of sp³-hybridized carbons (Fsp3) is 0.500. The van der Waals surface area contributed by atoms with Gasteiger partial charge >= 0.3 is 0 Å². The quantitative estimate of drug-likeness (QED) is 0.833. The molecule has 1 saturated heterocycles. The van der Waals surface area contributed by atoms with Crippen LogP contribution in [0.15, 0.2) is 28.7 Å². The molecule has 0 aliphatic carbocycles. The lowest BCUT2D eigenvalue weighted by Crippen LogP contribution is -2.48. The van der Waals surface area contributed by atoms with Crippen LogP contribution in [0, 0.1) is 5.92 Å². The SMILES string of the molecule is CC(Cc1ccc(Br)cc1)CN1CCN(c2n[nH]c(N)n2)CC1. The van der Waals surface area contributed by atoms with E-state index in [2.05, 4.69) is 72.1 Å². The number of hydrogen-bond donors (Lipinski definition) is 2. The zero-order valence-electron chi connectivity index (χ0n) is 13.4. The summed E-state index contributed by atoms with van der Waals surface area (Å²) < 4.78 is 1.14. The normalized spacial score (nSPS) is 17.4. The summed E-state index contributed by atoms with van der Waals surface area (Å²) in [4.78, 5) is 8.91. The van der Waals surface area contributed by atoms with Gasteiger partial charge in [0.1, 0.15) is 0 Å². The Labute approximate surface area is 145 Å². The lowest BCUT2D eigenvalue weighted by molar-refractivity contribution is 0.223. The van der Waals surface area contributed by atoms with E-state index in [0.29, 0.717) is 17.8 Å². The van der Waals surface area contributed by atoms with Crippen molar-refractivity contribution in [2.75, 3.05) is 43.4 Å². The van der Waals surface area contributed by atoms with Crippen molar-refractivity contribution < 1.29 is 0 Å².